The van der Waals surface area contributed by atoms with E-state index in [1.807, 2.05) is 50.2 Å². The molecule has 1 aromatic heterocycles. The number of amides is 1. The van der Waals surface area contributed by atoms with Crippen LogP contribution in [0.25, 0.3) is 0 Å². The first kappa shape index (κ1) is 15.2. The Hall–Kier alpha value is -2.23. The van der Waals surface area contributed by atoms with Gasteiger partial charge in [-0.1, -0.05) is 19.1 Å². The first-order valence-electron chi connectivity index (χ1n) is 7.16. The Morgan fingerprint density at radius 2 is 1.95 bits per heavy atom. The minimum Gasteiger partial charge on any atom is -0.484 e. The number of hydrogen-bond acceptors (Lipinski definition) is 3. The monoisotopic (exact) mass is 287 g/mol. The SMILES string of the molecule is CCc1ccc(OCC(=O)NC(C)c2ccc(C)o2)cc1. The second kappa shape index (κ2) is 6.97. The summed E-state index contributed by atoms with van der Waals surface area (Å²) in [5.41, 5.74) is 1.24. The van der Waals surface area contributed by atoms with Crippen molar-refractivity contribution in [2.45, 2.75) is 33.2 Å². The van der Waals surface area contributed by atoms with E-state index in [4.69, 9.17) is 9.15 Å². The number of carbonyl (C=O) groups is 1. The molecule has 112 valence electrons. The van der Waals surface area contributed by atoms with Crippen LogP contribution in [0.2, 0.25) is 0 Å². The Morgan fingerprint density at radius 1 is 1.24 bits per heavy atom. The molecule has 2 rings (SSSR count). The van der Waals surface area contributed by atoms with Gasteiger partial charge in [-0.3, -0.25) is 4.79 Å². The van der Waals surface area contributed by atoms with Crippen LogP contribution in [-0.4, -0.2) is 12.5 Å². The van der Waals surface area contributed by atoms with E-state index in [9.17, 15) is 4.79 Å². The molecule has 1 aromatic carbocycles. The zero-order valence-electron chi connectivity index (χ0n) is 12.7. The van der Waals surface area contributed by atoms with Crippen molar-refractivity contribution < 1.29 is 13.9 Å². The summed E-state index contributed by atoms with van der Waals surface area (Å²) in [6, 6.07) is 11.3. The molecule has 1 N–H and O–H groups in total. The molecule has 0 fully saturated rings. The van der Waals surface area contributed by atoms with Gasteiger partial charge in [-0.15, -0.1) is 0 Å². The maximum Gasteiger partial charge on any atom is 0.258 e. The Morgan fingerprint density at radius 3 is 2.52 bits per heavy atom. The summed E-state index contributed by atoms with van der Waals surface area (Å²) >= 11 is 0. The van der Waals surface area contributed by atoms with E-state index in [0.717, 1.165) is 17.9 Å². The summed E-state index contributed by atoms with van der Waals surface area (Å²) in [6.45, 7) is 5.85. The molecule has 0 saturated heterocycles. The lowest BCUT2D eigenvalue weighted by Crippen LogP contribution is -2.31. The van der Waals surface area contributed by atoms with Gasteiger partial charge in [0, 0.05) is 0 Å². The zero-order chi connectivity index (χ0) is 15.2. The second-order valence-electron chi connectivity index (χ2n) is 5.02. The molecular weight excluding hydrogens is 266 g/mol. The molecule has 1 amide bonds. The van der Waals surface area contributed by atoms with Gasteiger partial charge in [0.2, 0.25) is 0 Å². The lowest BCUT2D eigenvalue weighted by Gasteiger charge is -2.12. The average Bonchev–Trinajstić information content (AvgIpc) is 2.92. The quantitative estimate of drug-likeness (QED) is 0.885. The molecule has 2 aromatic rings. The van der Waals surface area contributed by atoms with Crippen molar-refractivity contribution in [3.8, 4) is 5.75 Å². The number of rotatable bonds is 6. The van der Waals surface area contributed by atoms with Crippen molar-refractivity contribution in [2.24, 2.45) is 0 Å². The van der Waals surface area contributed by atoms with E-state index in [1.165, 1.54) is 5.56 Å². The van der Waals surface area contributed by atoms with Gasteiger partial charge in [0.15, 0.2) is 6.61 Å². The lowest BCUT2D eigenvalue weighted by atomic mass is 10.2. The fourth-order valence-corrected chi connectivity index (χ4v) is 2.01. The van der Waals surface area contributed by atoms with Gasteiger partial charge >= 0.3 is 0 Å². The summed E-state index contributed by atoms with van der Waals surface area (Å²) < 4.78 is 10.9. The number of benzene rings is 1. The number of carbonyl (C=O) groups excluding carboxylic acids is 1. The van der Waals surface area contributed by atoms with Crippen molar-refractivity contribution in [3.05, 3.63) is 53.5 Å². The Bertz CT molecular complexity index is 586. The van der Waals surface area contributed by atoms with E-state index >= 15 is 0 Å². The van der Waals surface area contributed by atoms with Crippen molar-refractivity contribution in [1.82, 2.24) is 5.32 Å². The van der Waals surface area contributed by atoms with Gasteiger partial charge in [-0.25, -0.2) is 0 Å². The van der Waals surface area contributed by atoms with Crippen LogP contribution in [0.15, 0.2) is 40.8 Å². The number of aryl methyl sites for hydroxylation is 2. The van der Waals surface area contributed by atoms with E-state index in [1.54, 1.807) is 0 Å². The zero-order valence-corrected chi connectivity index (χ0v) is 12.7. The number of furan rings is 1. The third kappa shape index (κ3) is 4.38. The molecule has 4 nitrogen and oxygen atoms in total. The highest BCUT2D eigenvalue weighted by Gasteiger charge is 2.13. The molecule has 0 radical (unpaired) electrons. The smallest absolute Gasteiger partial charge is 0.258 e. The van der Waals surface area contributed by atoms with Gasteiger partial charge in [0.25, 0.3) is 5.91 Å². The van der Waals surface area contributed by atoms with Crippen LogP contribution in [0.1, 0.15) is 37.0 Å². The van der Waals surface area contributed by atoms with Crippen molar-refractivity contribution >= 4 is 5.91 Å². The highest BCUT2D eigenvalue weighted by Crippen LogP contribution is 2.16. The third-order valence-corrected chi connectivity index (χ3v) is 3.27. The maximum absolute atomic E-state index is 11.9. The van der Waals surface area contributed by atoms with Crippen LogP contribution < -0.4 is 10.1 Å². The molecule has 0 bridgehead atoms. The molecule has 21 heavy (non-hydrogen) atoms. The van der Waals surface area contributed by atoms with Crippen LogP contribution in [0.3, 0.4) is 0 Å². The predicted octanol–water partition coefficient (Wildman–Crippen LogP) is 3.41. The first-order valence-corrected chi connectivity index (χ1v) is 7.16. The molecule has 0 aliphatic carbocycles. The van der Waals surface area contributed by atoms with Crippen molar-refractivity contribution in [2.75, 3.05) is 6.61 Å². The van der Waals surface area contributed by atoms with Crippen LogP contribution in [0.4, 0.5) is 0 Å². The van der Waals surface area contributed by atoms with Crippen molar-refractivity contribution in [3.63, 3.8) is 0 Å². The Kier molecular flexibility index (Phi) is 5.04. The Labute approximate surface area is 125 Å². The lowest BCUT2D eigenvalue weighted by molar-refractivity contribution is -0.123. The summed E-state index contributed by atoms with van der Waals surface area (Å²) in [5.74, 6) is 2.10. The maximum atomic E-state index is 11.9. The molecule has 0 saturated carbocycles. The molecular formula is C17H21NO3. The van der Waals surface area contributed by atoms with E-state index in [0.29, 0.717) is 5.75 Å². The largest absolute Gasteiger partial charge is 0.484 e. The van der Waals surface area contributed by atoms with E-state index < -0.39 is 0 Å². The van der Waals surface area contributed by atoms with Gasteiger partial charge in [-0.05, 0) is 50.1 Å². The normalized spacial score (nSPS) is 12.0. The molecule has 4 heteroatoms. The molecule has 1 heterocycles. The number of nitrogens with one attached hydrogen (secondary N) is 1. The highest BCUT2D eigenvalue weighted by atomic mass is 16.5. The van der Waals surface area contributed by atoms with Crippen LogP contribution >= 0.6 is 0 Å². The van der Waals surface area contributed by atoms with Crippen LogP contribution in [0, 0.1) is 6.92 Å². The topological polar surface area (TPSA) is 51.5 Å². The summed E-state index contributed by atoms with van der Waals surface area (Å²) in [4.78, 5) is 11.9. The minimum absolute atomic E-state index is 0.00446. The fourth-order valence-electron chi connectivity index (χ4n) is 2.01. The summed E-state index contributed by atoms with van der Waals surface area (Å²) in [7, 11) is 0. The molecule has 0 spiro atoms. The average molecular weight is 287 g/mol. The number of hydrogen-bond donors (Lipinski definition) is 1. The molecule has 0 aliphatic heterocycles. The molecule has 0 aliphatic rings. The standard InChI is InChI=1S/C17H21NO3/c1-4-14-6-8-15(9-7-14)20-11-17(19)18-13(3)16-10-5-12(2)21-16/h5-10,13H,4,11H2,1-3H3,(H,18,19). The first-order chi connectivity index (χ1) is 10.1. The predicted molar refractivity (Wildman–Crippen MR) is 81.3 cm³/mol. The molecule has 1 unspecified atom stereocenters. The van der Waals surface area contributed by atoms with E-state index in [-0.39, 0.29) is 18.6 Å². The van der Waals surface area contributed by atoms with Crippen LogP contribution in [0.5, 0.6) is 5.75 Å². The van der Waals surface area contributed by atoms with Crippen LogP contribution in [-0.2, 0) is 11.2 Å². The highest BCUT2D eigenvalue weighted by molar-refractivity contribution is 5.77. The second-order valence-corrected chi connectivity index (χ2v) is 5.02. The van der Waals surface area contributed by atoms with E-state index in [2.05, 4.69) is 12.2 Å². The fraction of sp³-hybridized carbons (Fsp3) is 0.353. The minimum atomic E-state index is -0.170. The summed E-state index contributed by atoms with van der Waals surface area (Å²) in [5, 5.41) is 2.84. The Balaban J connectivity index is 1.81. The van der Waals surface area contributed by atoms with Gasteiger partial charge in [-0.2, -0.15) is 0 Å². The van der Waals surface area contributed by atoms with Crippen molar-refractivity contribution in [1.29, 1.82) is 0 Å². The third-order valence-electron chi connectivity index (χ3n) is 3.27. The molecule has 1 atom stereocenters. The van der Waals surface area contributed by atoms with Gasteiger partial charge < -0.3 is 14.5 Å². The summed E-state index contributed by atoms with van der Waals surface area (Å²) in [6.07, 6.45) is 0.987. The van der Waals surface area contributed by atoms with Gasteiger partial charge in [0.1, 0.15) is 17.3 Å². The van der Waals surface area contributed by atoms with Gasteiger partial charge in [0.05, 0.1) is 6.04 Å². The number of ether oxygens (including phenoxy) is 1.